The summed E-state index contributed by atoms with van der Waals surface area (Å²) >= 11 is 0. The van der Waals surface area contributed by atoms with Crippen LogP contribution in [0.4, 0.5) is 0 Å². The van der Waals surface area contributed by atoms with E-state index in [-0.39, 0.29) is 29.4 Å². The molecule has 1 heterocycles. The number of amides is 1. The van der Waals surface area contributed by atoms with Crippen LogP contribution in [0.1, 0.15) is 48.9 Å². The highest BCUT2D eigenvalue weighted by atomic mass is 32.2. The number of nitrogens with one attached hydrogen (secondary N) is 1. The molecule has 2 atom stereocenters. The zero-order valence-corrected chi connectivity index (χ0v) is 13.8. The monoisotopic (exact) mass is 321 g/mol. The molecule has 1 amide bonds. The zero-order valence-electron chi connectivity index (χ0n) is 13.0. The summed E-state index contributed by atoms with van der Waals surface area (Å²) in [5, 5.41) is 2.98. The summed E-state index contributed by atoms with van der Waals surface area (Å²) in [5.41, 5.74) is 3.93. The maximum Gasteiger partial charge on any atom is 0.224 e. The van der Waals surface area contributed by atoms with Crippen molar-refractivity contribution in [2.45, 2.75) is 45.1 Å². The first-order valence-electron chi connectivity index (χ1n) is 8.07. The van der Waals surface area contributed by atoms with E-state index in [1.807, 2.05) is 6.92 Å². The van der Waals surface area contributed by atoms with Gasteiger partial charge in [0.1, 0.15) is 0 Å². The SMILES string of the molecule is CC(NC(=O)C1CCS(=O)(=O)C1)c1ccc2c(c1)CCCC2. The number of rotatable bonds is 3. The molecule has 1 saturated heterocycles. The van der Waals surface area contributed by atoms with Crippen LogP contribution in [0.2, 0.25) is 0 Å². The van der Waals surface area contributed by atoms with E-state index in [2.05, 4.69) is 23.5 Å². The van der Waals surface area contributed by atoms with Gasteiger partial charge in [0.05, 0.1) is 23.5 Å². The Bertz CT molecular complexity index is 681. The van der Waals surface area contributed by atoms with Gasteiger partial charge in [0.25, 0.3) is 0 Å². The molecule has 0 saturated carbocycles. The summed E-state index contributed by atoms with van der Waals surface area (Å²) in [5.74, 6) is -0.384. The van der Waals surface area contributed by atoms with E-state index in [0.717, 1.165) is 18.4 Å². The average molecular weight is 321 g/mol. The first kappa shape index (κ1) is 15.5. The molecule has 1 N–H and O–H groups in total. The number of fused-ring (bicyclic) bond motifs is 1. The number of aryl methyl sites for hydroxylation is 2. The van der Waals surface area contributed by atoms with Crippen molar-refractivity contribution in [3.63, 3.8) is 0 Å². The van der Waals surface area contributed by atoms with E-state index >= 15 is 0 Å². The van der Waals surface area contributed by atoms with Crippen molar-refractivity contribution in [1.29, 1.82) is 0 Å². The van der Waals surface area contributed by atoms with Gasteiger partial charge in [-0.05, 0) is 55.7 Å². The second-order valence-electron chi connectivity index (χ2n) is 6.57. The minimum Gasteiger partial charge on any atom is -0.349 e. The molecule has 5 heteroatoms. The molecule has 4 nitrogen and oxygen atoms in total. The van der Waals surface area contributed by atoms with Crippen LogP contribution in [0.3, 0.4) is 0 Å². The van der Waals surface area contributed by atoms with Crippen molar-refractivity contribution in [2.24, 2.45) is 5.92 Å². The summed E-state index contributed by atoms with van der Waals surface area (Å²) in [4.78, 5) is 12.2. The molecule has 2 aliphatic rings. The number of hydrogen-bond donors (Lipinski definition) is 1. The number of benzene rings is 1. The minimum atomic E-state index is -3.01. The Morgan fingerprint density at radius 3 is 2.64 bits per heavy atom. The van der Waals surface area contributed by atoms with Gasteiger partial charge >= 0.3 is 0 Å². The van der Waals surface area contributed by atoms with Crippen molar-refractivity contribution in [3.05, 3.63) is 34.9 Å². The Labute approximate surface area is 132 Å². The van der Waals surface area contributed by atoms with E-state index in [4.69, 9.17) is 0 Å². The Hall–Kier alpha value is -1.36. The van der Waals surface area contributed by atoms with Crippen LogP contribution >= 0.6 is 0 Å². The van der Waals surface area contributed by atoms with Gasteiger partial charge in [-0.3, -0.25) is 4.79 Å². The van der Waals surface area contributed by atoms with Crippen LogP contribution in [0.25, 0.3) is 0 Å². The van der Waals surface area contributed by atoms with Gasteiger partial charge in [0, 0.05) is 0 Å². The number of carbonyl (C=O) groups excluding carboxylic acids is 1. The van der Waals surface area contributed by atoms with E-state index < -0.39 is 9.84 Å². The fourth-order valence-electron chi connectivity index (χ4n) is 3.44. The molecular weight excluding hydrogens is 298 g/mol. The quantitative estimate of drug-likeness (QED) is 0.928. The molecule has 0 radical (unpaired) electrons. The second kappa shape index (κ2) is 6.03. The fraction of sp³-hybridized carbons (Fsp3) is 0.588. The molecule has 1 fully saturated rings. The van der Waals surface area contributed by atoms with Gasteiger partial charge in [0.2, 0.25) is 5.91 Å². The molecule has 1 aliphatic carbocycles. The highest BCUT2D eigenvalue weighted by Gasteiger charge is 2.33. The average Bonchev–Trinajstić information content (AvgIpc) is 2.87. The van der Waals surface area contributed by atoms with Crippen LogP contribution in [0.5, 0.6) is 0 Å². The predicted octanol–water partition coefficient (Wildman–Crippen LogP) is 2.18. The Balaban J connectivity index is 1.67. The first-order valence-corrected chi connectivity index (χ1v) is 9.89. The zero-order chi connectivity index (χ0) is 15.7. The summed E-state index contributed by atoms with van der Waals surface area (Å²) in [7, 11) is -3.01. The minimum absolute atomic E-state index is 0.00423. The topological polar surface area (TPSA) is 63.2 Å². The lowest BCUT2D eigenvalue weighted by Gasteiger charge is -2.21. The van der Waals surface area contributed by atoms with E-state index in [0.29, 0.717) is 6.42 Å². The van der Waals surface area contributed by atoms with Gasteiger partial charge in [-0.1, -0.05) is 18.2 Å². The third kappa shape index (κ3) is 3.35. The molecule has 0 spiro atoms. The second-order valence-corrected chi connectivity index (χ2v) is 8.79. The van der Waals surface area contributed by atoms with Gasteiger partial charge < -0.3 is 5.32 Å². The smallest absolute Gasteiger partial charge is 0.224 e. The van der Waals surface area contributed by atoms with Crippen molar-refractivity contribution < 1.29 is 13.2 Å². The maximum atomic E-state index is 12.2. The molecule has 1 aromatic carbocycles. The van der Waals surface area contributed by atoms with Gasteiger partial charge in [-0.15, -0.1) is 0 Å². The normalized spacial score (nSPS) is 24.5. The van der Waals surface area contributed by atoms with E-state index in [1.165, 1.54) is 24.0 Å². The summed E-state index contributed by atoms with van der Waals surface area (Å²) in [6.45, 7) is 1.96. The van der Waals surface area contributed by atoms with Crippen LogP contribution in [0, 0.1) is 5.92 Å². The molecule has 2 unspecified atom stereocenters. The Kier molecular flexibility index (Phi) is 4.26. The standard InChI is InChI=1S/C17H23NO3S/c1-12(18-17(19)16-8-9-22(20,21)11-16)14-7-6-13-4-2-3-5-15(13)10-14/h6-7,10,12,16H,2-5,8-9,11H2,1H3,(H,18,19). The van der Waals surface area contributed by atoms with Crippen molar-refractivity contribution in [3.8, 4) is 0 Å². The number of sulfone groups is 1. The predicted molar refractivity (Wildman–Crippen MR) is 86.4 cm³/mol. The highest BCUT2D eigenvalue weighted by molar-refractivity contribution is 7.91. The third-order valence-corrected chi connectivity index (χ3v) is 6.60. The third-order valence-electron chi connectivity index (χ3n) is 4.83. The largest absolute Gasteiger partial charge is 0.349 e. The molecule has 22 heavy (non-hydrogen) atoms. The first-order chi connectivity index (χ1) is 10.4. The van der Waals surface area contributed by atoms with Crippen LogP contribution in [-0.4, -0.2) is 25.8 Å². The number of hydrogen-bond acceptors (Lipinski definition) is 3. The van der Waals surface area contributed by atoms with Gasteiger partial charge in [-0.25, -0.2) is 8.42 Å². The van der Waals surface area contributed by atoms with Crippen LogP contribution < -0.4 is 5.32 Å². The molecular formula is C17H23NO3S. The fourth-order valence-corrected chi connectivity index (χ4v) is 5.18. The van der Waals surface area contributed by atoms with Gasteiger partial charge in [0.15, 0.2) is 9.84 Å². The van der Waals surface area contributed by atoms with Crippen LogP contribution in [0.15, 0.2) is 18.2 Å². The molecule has 120 valence electrons. The maximum absolute atomic E-state index is 12.2. The lowest BCUT2D eigenvalue weighted by Crippen LogP contribution is -2.33. The lowest BCUT2D eigenvalue weighted by atomic mass is 9.89. The van der Waals surface area contributed by atoms with Gasteiger partial charge in [-0.2, -0.15) is 0 Å². The molecule has 1 aliphatic heterocycles. The lowest BCUT2D eigenvalue weighted by molar-refractivity contribution is -0.124. The van der Waals surface area contributed by atoms with Crippen molar-refractivity contribution in [2.75, 3.05) is 11.5 Å². The molecule has 0 bridgehead atoms. The molecule has 1 aromatic rings. The van der Waals surface area contributed by atoms with Crippen LogP contribution in [-0.2, 0) is 27.5 Å². The van der Waals surface area contributed by atoms with Crippen molar-refractivity contribution in [1.82, 2.24) is 5.32 Å². The van der Waals surface area contributed by atoms with Crippen molar-refractivity contribution >= 4 is 15.7 Å². The number of carbonyl (C=O) groups is 1. The molecule has 3 rings (SSSR count). The van der Waals surface area contributed by atoms with E-state index in [9.17, 15) is 13.2 Å². The summed E-state index contributed by atoms with van der Waals surface area (Å²) < 4.78 is 23.0. The van der Waals surface area contributed by atoms with E-state index in [1.54, 1.807) is 0 Å². The molecule has 0 aromatic heterocycles. The summed E-state index contributed by atoms with van der Waals surface area (Å²) in [6, 6.07) is 6.38. The highest BCUT2D eigenvalue weighted by Crippen LogP contribution is 2.25. The Morgan fingerprint density at radius 1 is 1.23 bits per heavy atom. The Morgan fingerprint density at radius 2 is 1.95 bits per heavy atom. The summed E-state index contributed by atoms with van der Waals surface area (Å²) in [6.07, 6.45) is 5.21.